The molecule has 0 fully saturated rings. The lowest BCUT2D eigenvalue weighted by molar-refractivity contribution is -0.152. The summed E-state index contributed by atoms with van der Waals surface area (Å²) in [5.41, 5.74) is 1.57. The van der Waals surface area contributed by atoms with Gasteiger partial charge in [-0.1, -0.05) is 29.8 Å². The van der Waals surface area contributed by atoms with Crippen LogP contribution >= 0.6 is 22.9 Å². The molecule has 5 nitrogen and oxygen atoms in total. The molecule has 140 valence electrons. The largest absolute Gasteiger partial charge is 0.496 e. The number of para-hydroxylation sites is 1. The van der Waals surface area contributed by atoms with Crippen LogP contribution < -0.4 is 9.47 Å². The molecule has 3 rings (SSSR count). The third-order valence-electron chi connectivity index (χ3n) is 3.69. The van der Waals surface area contributed by atoms with Gasteiger partial charge in [0.25, 0.3) is 0 Å². The Labute approximate surface area is 166 Å². The van der Waals surface area contributed by atoms with Crippen molar-refractivity contribution in [3.63, 3.8) is 0 Å². The summed E-state index contributed by atoms with van der Waals surface area (Å²) in [6, 6.07) is 14.5. The van der Waals surface area contributed by atoms with Gasteiger partial charge in [0.1, 0.15) is 23.1 Å². The van der Waals surface area contributed by atoms with Gasteiger partial charge in [0.05, 0.1) is 18.4 Å². The molecule has 0 N–H and O–H groups in total. The lowest BCUT2D eigenvalue weighted by Crippen LogP contribution is -2.26. The maximum Gasteiger partial charge on any atom is 0.347 e. The van der Waals surface area contributed by atoms with Crippen molar-refractivity contribution >= 4 is 28.9 Å². The first-order valence-corrected chi connectivity index (χ1v) is 9.49. The zero-order chi connectivity index (χ0) is 19.2. The highest BCUT2D eigenvalue weighted by Gasteiger charge is 2.18. The molecular weight excluding hydrogens is 386 g/mol. The van der Waals surface area contributed by atoms with E-state index in [1.165, 1.54) is 11.3 Å². The molecule has 0 bridgehead atoms. The van der Waals surface area contributed by atoms with Crippen molar-refractivity contribution in [1.82, 2.24) is 4.98 Å². The number of methoxy groups -OCH3 is 1. The lowest BCUT2D eigenvalue weighted by Gasteiger charge is -2.13. The van der Waals surface area contributed by atoms with Gasteiger partial charge in [-0.3, -0.25) is 0 Å². The highest BCUT2D eigenvalue weighted by molar-refractivity contribution is 7.13. The minimum Gasteiger partial charge on any atom is -0.496 e. The van der Waals surface area contributed by atoms with Gasteiger partial charge >= 0.3 is 5.97 Å². The van der Waals surface area contributed by atoms with E-state index in [9.17, 15) is 4.79 Å². The van der Waals surface area contributed by atoms with Crippen LogP contribution in [0, 0.1) is 0 Å². The quantitative estimate of drug-likeness (QED) is 0.520. The molecule has 0 radical (unpaired) electrons. The SMILES string of the molecule is COc1ccccc1-c1nc(COC(=O)C(C)Oc2cccc(Cl)c2)cs1. The van der Waals surface area contributed by atoms with Crippen molar-refractivity contribution in [2.24, 2.45) is 0 Å². The lowest BCUT2D eigenvalue weighted by atomic mass is 10.2. The summed E-state index contributed by atoms with van der Waals surface area (Å²) in [4.78, 5) is 16.7. The van der Waals surface area contributed by atoms with Crippen LogP contribution in [0.3, 0.4) is 0 Å². The van der Waals surface area contributed by atoms with E-state index >= 15 is 0 Å². The number of aromatic nitrogens is 1. The summed E-state index contributed by atoms with van der Waals surface area (Å²) in [5.74, 6) is 0.792. The maximum absolute atomic E-state index is 12.2. The first-order valence-electron chi connectivity index (χ1n) is 8.23. The van der Waals surface area contributed by atoms with E-state index in [-0.39, 0.29) is 6.61 Å². The monoisotopic (exact) mass is 403 g/mol. The molecule has 0 aliphatic heterocycles. The fourth-order valence-corrected chi connectivity index (χ4v) is 3.39. The first kappa shape index (κ1) is 19.2. The number of hydrogen-bond donors (Lipinski definition) is 0. The Morgan fingerprint density at radius 2 is 2.04 bits per heavy atom. The number of carbonyl (C=O) groups is 1. The van der Waals surface area contributed by atoms with Crippen molar-refractivity contribution < 1.29 is 19.0 Å². The number of nitrogens with zero attached hydrogens (tertiary/aromatic N) is 1. The molecule has 7 heteroatoms. The van der Waals surface area contributed by atoms with E-state index in [2.05, 4.69) is 4.98 Å². The van der Waals surface area contributed by atoms with Crippen LogP contribution in [0.25, 0.3) is 10.6 Å². The Bertz CT molecular complexity index is 928. The smallest absolute Gasteiger partial charge is 0.347 e. The zero-order valence-corrected chi connectivity index (χ0v) is 16.4. The zero-order valence-electron chi connectivity index (χ0n) is 14.8. The number of benzene rings is 2. The van der Waals surface area contributed by atoms with Crippen LogP contribution in [0.2, 0.25) is 5.02 Å². The highest BCUT2D eigenvalue weighted by atomic mass is 35.5. The number of hydrogen-bond acceptors (Lipinski definition) is 6. The number of ether oxygens (including phenoxy) is 3. The highest BCUT2D eigenvalue weighted by Crippen LogP contribution is 2.32. The maximum atomic E-state index is 12.2. The van der Waals surface area contributed by atoms with Crippen molar-refractivity contribution in [3.05, 3.63) is 64.6 Å². The molecular formula is C20H18ClNO4S. The molecule has 0 amide bonds. The normalized spacial score (nSPS) is 11.7. The van der Waals surface area contributed by atoms with Crippen LogP contribution in [0.1, 0.15) is 12.6 Å². The van der Waals surface area contributed by atoms with E-state index in [1.54, 1.807) is 38.3 Å². The van der Waals surface area contributed by atoms with Crippen molar-refractivity contribution in [3.8, 4) is 22.1 Å². The topological polar surface area (TPSA) is 57.7 Å². The number of rotatable bonds is 7. The molecule has 0 aliphatic carbocycles. The fraction of sp³-hybridized carbons (Fsp3) is 0.200. The first-order chi connectivity index (χ1) is 13.1. The van der Waals surface area contributed by atoms with Gasteiger partial charge < -0.3 is 14.2 Å². The van der Waals surface area contributed by atoms with E-state index < -0.39 is 12.1 Å². The Morgan fingerprint density at radius 3 is 2.81 bits per heavy atom. The van der Waals surface area contributed by atoms with Gasteiger partial charge in [-0.05, 0) is 37.3 Å². The molecule has 2 aromatic carbocycles. The second-order valence-corrected chi connectivity index (χ2v) is 6.96. The minimum atomic E-state index is -0.754. The number of halogens is 1. The summed E-state index contributed by atoms with van der Waals surface area (Å²) in [6.45, 7) is 1.71. The van der Waals surface area contributed by atoms with E-state index in [0.29, 0.717) is 16.5 Å². The Balaban J connectivity index is 1.58. The van der Waals surface area contributed by atoms with Crippen molar-refractivity contribution in [2.75, 3.05) is 7.11 Å². The fourth-order valence-electron chi connectivity index (χ4n) is 2.37. The number of carbonyl (C=O) groups excluding carboxylic acids is 1. The third kappa shape index (κ3) is 4.99. The molecule has 0 saturated carbocycles. The molecule has 0 spiro atoms. The van der Waals surface area contributed by atoms with Gasteiger partial charge in [-0.25, -0.2) is 9.78 Å². The predicted molar refractivity (Wildman–Crippen MR) is 105 cm³/mol. The van der Waals surface area contributed by atoms with Crippen LogP contribution in [0.4, 0.5) is 0 Å². The molecule has 1 atom stereocenters. The molecule has 1 heterocycles. The molecule has 27 heavy (non-hydrogen) atoms. The van der Waals surface area contributed by atoms with Gasteiger partial charge in [0.15, 0.2) is 6.10 Å². The average molecular weight is 404 g/mol. The molecule has 1 aromatic heterocycles. The molecule has 3 aromatic rings. The van der Waals surface area contributed by atoms with E-state index in [0.717, 1.165) is 16.3 Å². The van der Waals surface area contributed by atoms with Crippen LogP contribution in [-0.4, -0.2) is 24.2 Å². The Kier molecular flexibility index (Phi) is 6.32. The van der Waals surface area contributed by atoms with Gasteiger partial charge in [0, 0.05) is 10.4 Å². The van der Waals surface area contributed by atoms with Gasteiger partial charge in [0.2, 0.25) is 0 Å². The summed E-state index contributed by atoms with van der Waals surface area (Å²) in [5, 5.41) is 3.21. The molecule has 0 aliphatic rings. The second-order valence-electron chi connectivity index (χ2n) is 5.67. The van der Waals surface area contributed by atoms with Gasteiger partial charge in [-0.2, -0.15) is 0 Å². The summed E-state index contributed by atoms with van der Waals surface area (Å²) in [7, 11) is 1.62. The van der Waals surface area contributed by atoms with Crippen LogP contribution in [0.5, 0.6) is 11.5 Å². The van der Waals surface area contributed by atoms with Crippen molar-refractivity contribution in [2.45, 2.75) is 19.6 Å². The second kappa shape index (κ2) is 8.88. The molecule has 1 unspecified atom stereocenters. The number of thiazole rings is 1. The van der Waals surface area contributed by atoms with Crippen LogP contribution in [0.15, 0.2) is 53.9 Å². The van der Waals surface area contributed by atoms with Crippen LogP contribution in [-0.2, 0) is 16.1 Å². The van der Waals surface area contributed by atoms with E-state index in [4.69, 9.17) is 25.8 Å². The Hall–Kier alpha value is -2.57. The van der Waals surface area contributed by atoms with E-state index in [1.807, 2.05) is 29.6 Å². The summed E-state index contributed by atoms with van der Waals surface area (Å²) in [6.07, 6.45) is -0.754. The summed E-state index contributed by atoms with van der Waals surface area (Å²) < 4.78 is 16.2. The average Bonchev–Trinajstić information content (AvgIpc) is 3.15. The molecule has 0 saturated heterocycles. The Morgan fingerprint density at radius 1 is 1.22 bits per heavy atom. The van der Waals surface area contributed by atoms with Gasteiger partial charge in [-0.15, -0.1) is 11.3 Å². The predicted octanol–water partition coefficient (Wildman–Crippen LogP) is 4.98. The van der Waals surface area contributed by atoms with Crippen molar-refractivity contribution in [1.29, 1.82) is 0 Å². The third-order valence-corrected chi connectivity index (χ3v) is 4.85. The summed E-state index contributed by atoms with van der Waals surface area (Å²) >= 11 is 7.38. The number of esters is 1. The standard InChI is InChI=1S/C20H18ClNO4S/c1-13(26-16-7-5-6-14(21)10-16)20(23)25-11-15-12-27-19(22-15)17-8-3-4-9-18(17)24-2/h3-10,12-13H,11H2,1-2H3. The minimum absolute atomic E-state index is 0.0771.